The molecule has 0 saturated heterocycles. The molecule has 1 aromatic carbocycles. The van der Waals surface area contributed by atoms with Gasteiger partial charge in [-0.1, -0.05) is 6.07 Å². The lowest BCUT2D eigenvalue weighted by molar-refractivity contribution is 0.0695. The van der Waals surface area contributed by atoms with E-state index in [-0.39, 0.29) is 28.5 Å². The fourth-order valence-corrected chi connectivity index (χ4v) is 1.60. The highest BCUT2D eigenvalue weighted by Gasteiger charge is 2.12. The molecule has 0 atom stereocenters. The summed E-state index contributed by atoms with van der Waals surface area (Å²) >= 11 is 0. The van der Waals surface area contributed by atoms with Crippen molar-refractivity contribution in [3.63, 3.8) is 0 Å². The first-order valence-corrected chi connectivity index (χ1v) is 5.55. The number of carbonyl (C=O) groups is 1. The van der Waals surface area contributed by atoms with Crippen LogP contribution in [0.4, 0.5) is 16.0 Å². The van der Waals surface area contributed by atoms with E-state index in [4.69, 9.17) is 10.4 Å². The number of rotatable bonds is 3. The summed E-state index contributed by atoms with van der Waals surface area (Å²) in [5.41, 5.74) is 0.311. The van der Waals surface area contributed by atoms with E-state index in [1.807, 2.05) is 0 Å². The molecule has 7 heteroatoms. The van der Waals surface area contributed by atoms with Crippen molar-refractivity contribution in [3.05, 3.63) is 47.0 Å². The number of nitrogens with one attached hydrogen (secondary N) is 1. The van der Waals surface area contributed by atoms with Crippen molar-refractivity contribution in [1.82, 2.24) is 9.97 Å². The number of nitriles is 1. The van der Waals surface area contributed by atoms with Gasteiger partial charge in [-0.3, -0.25) is 0 Å². The first-order chi connectivity index (χ1) is 9.52. The van der Waals surface area contributed by atoms with E-state index < -0.39 is 11.8 Å². The third-order valence-corrected chi connectivity index (χ3v) is 2.58. The van der Waals surface area contributed by atoms with Crippen molar-refractivity contribution < 1.29 is 14.3 Å². The zero-order valence-electron chi connectivity index (χ0n) is 10.4. The summed E-state index contributed by atoms with van der Waals surface area (Å²) < 4.78 is 13.4. The van der Waals surface area contributed by atoms with Crippen LogP contribution in [0.2, 0.25) is 0 Å². The Labute approximate surface area is 113 Å². The molecule has 100 valence electrons. The number of carboxylic acids is 1. The Morgan fingerprint density at radius 2 is 2.25 bits per heavy atom. The summed E-state index contributed by atoms with van der Waals surface area (Å²) in [4.78, 5) is 18.6. The lowest BCUT2D eigenvalue weighted by Gasteiger charge is -2.08. The Morgan fingerprint density at radius 3 is 2.85 bits per heavy atom. The molecule has 0 bridgehead atoms. The van der Waals surface area contributed by atoms with Gasteiger partial charge in [0, 0.05) is 6.20 Å². The largest absolute Gasteiger partial charge is 0.478 e. The number of aryl methyl sites for hydroxylation is 1. The maximum Gasteiger partial charge on any atom is 0.339 e. The van der Waals surface area contributed by atoms with Crippen LogP contribution in [0, 0.1) is 24.1 Å². The smallest absolute Gasteiger partial charge is 0.339 e. The summed E-state index contributed by atoms with van der Waals surface area (Å²) in [6, 6.07) is 5.86. The molecule has 0 aliphatic rings. The molecule has 0 radical (unpaired) electrons. The maximum absolute atomic E-state index is 13.4. The minimum Gasteiger partial charge on any atom is -0.478 e. The van der Waals surface area contributed by atoms with E-state index in [1.54, 1.807) is 6.07 Å². The van der Waals surface area contributed by atoms with Crippen LogP contribution in [-0.2, 0) is 0 Å². The van der Waals surface area contributed by atoms with E-state index in [0.29, 0.717) is 0 Å². The third-order valence-electron chi connectivity index (χ3n) is 2.58. The number of anilines is 2. The van der Waals surface area contributed by atoms with Crippen LogP contribution in [-0.4, -0.2) is 21.0 Å². The van der Waals surface area contributed by atoms with Crippen LogP contribution >= 0.6 is 0 Å². The number of aromatic nitrogens is 2. The zero-order chi connectivity index (χ0) is 14.7. The van der Waals surface area contributed by atoms with Crippen LogP contribution in [0.25, 0.3) is 0 Å². The van der Waals surface area contributed by atoms with Crippen LogP contribution in [0.1, 0.15) is 21.6 Å². The number of aromatic carboxylic acids is 1. The maximum atomic E-state index is 13.4. The molecule has 2 N–H and O–H groups in total. The van der Waals surface area contributed by atoms with Gasteiger partial charge in [0.25, 0.3) is 0 Å². The van der Waals surface area contributed by atoms with Gasteiger partial charge >= 0.3 is 5.97 Å². The summed E-state index contributed by atoms with van der Waals surface area (Å²) in [7, 11) is 0. The molecule has 6 nitrogen and oxygen atoms in total. The lowest BCUT2D eigenvalue weighted by atomic mass is 10.2. The average molecular weight is 272 g/mol. The molecule has 0 aliphatic heterocycles. The second kappa shape index (κ2) is 5.32. The van der Waals surface area contributed by atoms with Crippen LogP contribution < -0.4 is 5.32 Å². The van der Waals surface area contributed by atoms with Crippen LogP contribution in [0.3, 0.4) is 0 Å². The zero-order valence-corrected chi connectivity index (χ0v) is 10.4. The van der Waals surface area contributed by atoms with Gasteiger partial charge < -0.3 is 10.4 Å². The molecule has 1 heterocycles. The van der Waals surface area contributed by atoms with Gasteiger partial charge in [0.05, 0.1) is 16.9 Å². The second-order valence-electron chi connectivity index (χ2n) is 3.90. The molecule has 0 saturated carbocycles. The Morgan fingerprint density at radius 1 is 1.50 bits per heavy atom. The molecule has 2 aromatic rings. The van der Waals surface area contributed by atoms with Crippen molar-refractivity contribution in [2.75, 3.05) is 5.32 Å². The molecule has 0 aliphatic carbocycles. The summed E-state index contributed by atoms with van der Waals surface area (Å²) in [6.07, 6.45) is 1.15. The topological polar surface area (TPSA) is 98.9 Å². The summed E-state index contributed by atoms with van der Waals surface area (Å²) in [5, 5.41) is 20.5. The number of benzene rings is 1. The van der Waals surface area contributed by atoms with Gasteiger partial charge in [-0.15, -0.1) is 0 Å². The first-order valence-electron chi connectivity index (χ1n) is 5.55. The quantitative estimate of drug-likeness (QED) is 0.888. The van der Waals surface area contributed by atoms with Crippen molar-refractivity contribution in [3.8, 4) is 6.07 Å². The van der Waals surface area contributed by atoms with Gasteiger partial charge in [0.15, 0.2) is 0 Å². The Hall–Kier alpha value is -3.01. The molecule has 0 spiro atoms. The van der Waals surface area contributed by atoms with E-state index >= 15 is 0 Å². The van der Waals surface area contributed by atoms with Gasteiger partial charge in [-0.2, -0.15) is 5.26 Å². The highest BCUT2D eigenvalue weighted by atomic mass is 19.1. The molecule has 20 heavy (non-hydrogen) atoms. The molecular formula is C13H9FN4O2. The number of hydrogen-bond donors (Lipinski definition) is 2. The number of nitrogens with zero attached hydrogens (tertiary/aromatic N) is 3. The molecule has 0 fully saturated rings. The highest BCUT2D eigenvalue weighted by molar-refractivity contribution is 5.88. The lowest BCUT2D eigenvalue weighted by Crippen LogP contribution is -2.06. The van der Waals surface area contributed by atoms with Gasteiger partial charge in [-0.25, -0.2) is 19.2 Å². The monoisotopic (exact) mass is 272 g/mol. The van der Waals surface area contributed by atoms with E-state index in [2.05, 4.69) is 15.3 Å². The Kier molecular flexibility index (Phi) is 3.57. The van der Waals surface area contributed by atoms with E-state index in [1.165, 1.54) is 25.1 Å². The van der Waals surface area contributed by atoms with Crippen LogP contribution in [0.5, 0.6) is 0 Å². The fraction of sp³-hybridized carbons (Fsp3) is 0.0769. The molecule has 0 amide bonds. The van der Waals surface area contributed by atoms with Crippen molar-refractivity contribution in [1.29, 1.82) is 5.26 Å². The molecule has 0 unspecified atom stereocenters. The van der Waals surface area contributed by atoms with E-state index in [0.717, 1.165) is 6.20 Å². The van der Waals surface area contributed by atoms with Gasteiger partial charge in [-0.05, 0) is 19.1 Å². The summed E-state index contributed by atoms with van der Waals surface area (Å²) in [6.45, 7) is 1.52. The summed E-state index contributed by atoms with van der Waals surface area (Å²) in [5.74, 6) is -1.69. The van der Waals surface area contributed by atoms with Crippen molar-refractivity contribution in [2.45, 2.75) is 6.92 Å². The fourth-order valence-electron chi connectivity index (χ4n) is 1.60. The first kappa shape index (κ1) is 13.4. The Bertz CT molecular complexity index is 725. The third kappa shape index (κ3) is 2.54. The minimum atomic E-state index is -1.13. The van der Waals surface area contributed by atoms with Gasteiger partial charge in [0.1, 0.15) is 17.4 Å². The molecule has 2 rings (SSSR count). The predicted octanol–water partition coefficient (Wildman–Crippen LogP) is 2.24. The normalized spacial score (nSPS) is 9.85. The number of carboxylic acid groups (broad SMARTS) is 1. The highest BCUT2D eigenvalue weighted by Crippen LogP contribution is 2.21. The number of hydrogen-bond acceptors (Lipinski definition) is 5. The molecular weight excluding hydrogens is 263 g/mol. The molecule has 1 aromatic heterocycles. The standard InChI is InChI=1S/C13H9FN4O2/c1-7-9(12(19)20)6-16-13(17-7)18-11-4-2-3-10(14)8(11)5-15/h2-4,6H,1H3,(H,19,20)(H,16,17,18). The van der Waals surface area contributed by atoms with Crippen LogP contribution in [0.15, 0.2) is 24.4 Å². The second-order valence-corrected chi connectivity index (χ2v) is 3.90. The van der Waals surface area contributed by atoms with E-state index in [9.17, 15) is 9.18 Å². The predicted molar refractivity (Wildman–Crippen MR) is 68.1 cm³/mol. The van der Waals surface area contributed by atoms with Crippen molar-refractivity contribution in [2.24, 2.45) is 0 Å². The van der Waals surface area contributed by atoms with Gasteiger partial charge in [0.2, 0.25) is 5.95 Å². The Balaban J connectivity index is 2.37. The average Bonchev–Trinajstić information content (AvgIpc) is 2.38. The number of halogens is 1. The minimum absolute atomic E-state index is 0.0182. The SMILES string of the molecule is Cc1nc(Nc2cccc(F)c2C#N)ncc1C(=O)O. The van der Waals surface area contributed by atoms with Crippen molar-refractivity contribution >= 4 is 17.6 Å².